The summed E-state index contributed by atoms with van der Waals surface area (Å²) in [5.41, 5.74) is -0.760. The topological polar surface area (TPSA) is 84.6 Å². The van der Waals surface area contributed by atoms with E-state index in [1.165, 1.54) is 0 Å². The van der Waals surface area contributed by atoms with E-state index < -0.39 is 11.6 Å². The van der Waals surface area contributed by atoms with Crippen molar-refractivity contribution in [3.63, 3.8) is 0 Å². The molecule has 0 aromatic carbocycles. The fourth-order valence-corrected chi connectivity index (χ4v) is 2.96. The van der Waals surface area contributed by atoms with Crippen LogP contribution in [0.5, 0.6) is 0 Å². The van der Waals surface area contributed by atoms with Gasteiger partial charge in [-0.2, -0.15) is 5.26 Å². The molecule has 0 spiro atoms. The van der Waals surface area contributed by atoms with Gasteiger partial charge < -0.3 is 10.2 Å². The summed E-state index contributed by atoms with van der Waals surface area (Å²) in [6, 6.07) is 2.67. The maximum atomic E-state index is 10.9. The van der Waals surface area contributed by atoms with Crippen LogP contribution < -0.4 is 0 Å². The first kappa shape index (κ1) is 14.3. The SMILES string of the molecule is N#CCCN(CC1(O)CCC(C(=O)O)CC1)C1CC1. The Morgan fingerprint density at radius 2 is 1.95 bits per heavy atom. The van der Waals surface area contributed by atoms with E-state index in [9.17, 15) is 9.90 Å². The monoisotopic (exact) mass is 266 g/mol. The lowest BCUT2D eigenvalue weighted by Crippen LogP contribution is -2.47. The van der Waals surface area contributed by atoms with Crippen molar-refractivity contribution >= 4 is 5.97 Å². The van der Waals surface area contributed by atoms with E-state index >= 15 is 0 Å². The first-order valence-electron chi connectivity index (χ1n) is 7.10. The number of carboxylic acid groups (broad SMARTS) is 1. The number of nitriles is 1. The second-order valence-corrected chi connectivity index (χ2v) is 5.95. The molecule has 2 N–H and O–H groups in total. The zero-order chi connectivity index (χ0) is 13.9. The normalized spacial score (nSPS) is 31.1. The first-order valence-corrected chi connectivity index (χ1v) is 7.10. The molecule has 0 amide bonds. The molecule has 0 aromatic rings. The quantitative estimate of drug-likeness (QED) is 0.758. The molecule has 5 heteroatoms. The number of rotatable bonds is 6. The van der Waals surface area contributed by atoms with Gasteiger partial charge in [-0.25, -0.2) is 0 Å². The van der Waals surface area contributed by atoms with Gasteiger partial charge in [-0.05, 0) is 38.5 Å². The van der Waals surface area contributed by atoms with Crippen LogP contribution in [0.3, 0.4) is 0 Å². The molecule has 5 nitrogen and oxygen atoms in total. The second-order valence-electron chi connectivity index (χ2n) is 5.95. The summed E-state index contributed by atoms with van der Waals surface area (Å²) in [4.78, 5) is 13.1. The summed E-state index contributed by atoms with van der Waals surface area (Å²) in [5, 5.41) is 28.3. The number of aliphatic hydroxyl groups is 1. The number of nitrogens with zero attached hydrogens (tertiary/aromatic N) is 2. The van der Waals surface area contributed by atoms with Crippen molar-refractivity contribution in [1.82, 2.24) is 4.90 Å². The van der Waals surface area contributed by atoms with E-state index in [0.717, 1.165) is 12.8 Å². The van der Waals surface area contributed by atoms with Gasteiger partial charge in [0.15, 0.2) is 0 Å². The minimum Gasteiger partial charge on any atom is -0.481 e. The van der Waals surface area contributed by atoms with E-state index in [-0.39, 0.29) is 5.92 Å². The lowest BCUT2D eigenvalue weighted by Gasteiger charge is -2.38. The van der Waals surface area contributed by atoms with Crippen molar-refractivity contribution in [2.45, 2.75) is 56.6 Å². The minimum atomic E-state index is -0.760. The minimum absolute atomic E-state index is 0.297. The number of carbonyl (C=O) groups is 1. The molecule has 0 aromatic heterocycles. The summed E-state index contributed by atoms with van der Waals surface area (Å²) in [7, 11) is 0. The predicted octanol–water partition coefficient (Wildman–Crippen LogP) is 1.37. The Kier molecular flexibility index (Phi) is 4.43. The van der Waals surface area contributed by atoms with Crippen molar-refractivity contribution in [2.75, 3.05) is 13.1 Å². The Hall–Kier alpha value is -1.12. The van der Waals surface area contributed by atoms with E-state index in [1.54, 1.807) is 0 Å². The fraction of sp³-hybridized carbons (Fsp3) is 0.857. The van der Waals surface area contributed by atoms with Gasteiger partial charge in [0.05, 0.1) is 17.6 Å². The summed E-state index contributed by atoms with van der Waals surface area (Å²) in [6.45, 7) is 1.30. The van der Waals surface area contributed by atoms with Gasteiger partial charge in [0.25, 0.3) is 0 Å². The molecule has 2 aliphatic rings. The smallest absolute Gasteiger partial charge is 0.306 e. The summed E-state index contributed by atoms with van der Waals surface area (Å²) >= 11 is 0. The molecule has 0 saturated heterocycles. The molecule has 2 aliphatic carbocycles. The zero-order valence-corrected chi connectivity index (χ0v) is 11.2. The lowest BCUT2D eigenvalue weighted by atomic mass is 9.78. The van der Waals surface area contributed by atoms with E-state index in [1.807, 2.05) is 0 Å². The third-order valence-corrected chi connectivity index (χ3v) is 4.34. The fourth-order valence-electron chi connectivity index (χ4n) is 2.96. The number of hydrogen-bond acceptors (Lipinski definition) is 4. The van der Waals surface area contributed by atoms with Crippen LogP contribution in [0, 0.1) is 17.2 Å². The molecule has 0 radical (unpaired) electrons. The summed E-state index contributed by atoms with van der Waals surface area (Å²) < 4.78 is 0. The second kappa shape index (κ2) is 5.89. The molecular weight excluding hydrogens is 244 g/mol. The van der Waals surface area contributed by atoms with Gasteiger partial charge in [-0.3, -0.25) is 9.69 Å². The Labute approximate surface area is 113 Å². The van der Waals surface area contributed by atoms with Crippen molar-refractivity contribution in [2.24, 2.45) is 5.92 Å². The molecule has 19 heavy (non-hydrogen) atoms. The van der Waals surface area contributed by atoms with Gasteiger partial charge in [-0.15, -0.1) is 0 Å². The van der Waals surface area contributed by atoms with E-state index in [4.69, 9.17) is 10.4 Å². The number of aliphatic carboxylic acids is 1. The third kappa shape index (κ3) is 3.92. The molecule has 2 fully saturated rings. The van der Waals surface area contributed by atoms with Crippen LogP contribution in [-0.2, 0) is 4.79 Å². The van der Waals surface area contributed by atoms with Crippen LogP contribution in [0.15, 0.2) is 0 Å². The maximum Gasteiger partial charge on any atom is 0.306 e. The van der Waals surface area contributed by atoms with Crippen LogP contribution in [0.2, 0.25) is 0 Å². The van der Waals surface area contributed by atoms with Gasteiger partial charge in [0.2, 0.25) is 0 Å². The van der Waals surface area contributed by atoms with Crippen LogP contribution in [-0.4, -0.2) is 45.8 Å². The average Bonchev–Trinajstić information content (AvgIpc) is 3.19. The van der Waals surface area contributed by atoms with Gasteiger partial charge in [0, 0.05) is 25.6 Å². The first-order chi connectivity index (χ1) is 9.04. The van der Waals surface area contributed by atoms with Gasteiger partial charge in [0.1, 0.15) is 0 Å². The highest BCUT2D eigenvalue weighted by atomic mass is 16.4. The summed E-state index contributed by atoms with van der Waals surface area (Å²) in [6.07, 6.45) is 5.02. The van der Waals surface area contributed by atoms with Gasteiger partial charge >= 0.3 is 5.97 Å². The highest BCUT2D eigenvalue weighted by Gasteiger charge is 2.40. The average molecular weight is 266 g/mol. The number of carboxylic acids is 1. The van der Waals surface area contributed by atoms with E-state index in [0.29, 0.717) is 51.2 Å². The lowest BCUT2D eigenvalue weighted by molar-refractivity contribution is -0.145. The molecule has 0 aliphatic heterocycles. The Balaban J connectivity index is 1.86. The van der Waals surface area contributed by atoms with E-state index in [2.05, 4.69) is 11.0 Å². The largest absolute Gasteiger partial charge is 0.481 e. The van der Waals surface area contributed by atoms with Gasteiger partial charge in [-0.1, -0.05) is 0 Å². The molecule has 0 unspecified atom stereocenters. The molecule has 106 valence electrons. The van der Waals surface area contributed by atoms with Crippen molar-refractivity contribution in [1.29, 1.82) is 5.26 Å². The van der Waals surface area contributed by atoms with Crippen molar-refractivity contribution in [3.05, 3.63) is 0 Å². The maximum absolute atomic E-state index is 10.9. The molecule has 2 saturated carbocycles. The van der Waals surface area contributed by atoms with Crippen LogP contribution in [0.1, 0.15) is 44.9 Å². The highest BCUT2D eigenvalue weighted by molar-refractivity contribution is 5.70. The third-order valence-electron chi connectivity index (χ3n) is 4.34. The molecule has 0 bridgehead atoms. The zero-order valence-electron chi connectivity index (χ0n) is 11.2. The Bertz CT molecular complexity index is 365. The highest BCUT2D eigenvalue weighted by Crippen LogP contribution is 2.35. The van der Waals surface area contributed by atoms with Crippen LogP contribution >= 0.6 is 0 Å². The Morgan fingerprint density at radius 1 is 1.32 bits per heavy atom. The standard InChI is InChI=1S/C14H22N2O3/c15-8-1-9-16(12-2-3-12)10-14(19)6-4-11(5-7-14)13(17)18/h11-12,19H,1-7,9-10H2,(H,17,18). The van der Waals surface area contributed by atoms with Crippen LogP contribution in [0.4, 0.5) is 0 Å². The molecule has 2 rings (SSSR count). The van der Waals surface area contributed by atoms with Crippen LogP contribution in [0.25, 0.3) is 0 Å². The van der Waals surface area contributed by atoms with Crippen molar-refractivity contribution in [3.8, 4) is 6.07 Å². The number of hydrogen-bond donors (Lipinski definition) is 2. The summed E-state index contributed by atoms with van der Waals surface area (Å²) in [5.74, 6) is -1.04. The predicted molar refractivity (Wildman–Crippen MR) is 69.4 cm³/mol. The Morgan fingerprint density at radius 3 is 2.42 bits per heavy atom. The molecular formula is C14H22N2O3. The molecule has 0 heterocycles. The molecule has 0 atom stereocenters. The van der Waals surface area contributed by atoms with Crippen molar-refractivity contribution < 1.29 is 15.0 Å².